The maximum atomic E-state index is 10.00. The Morgan fingerprint density at radius 3 is 2.70 bits per heavy atom. The molecule has 4 heteroatoms. The highest BCUT2D eigenvalue weighted by Gasteiger charge is 2.05. The second-order valence-electron chi connectivity index (χ2n) is 1.96. The van der Waals surface area contributed by atoms with Gasteiger partial charge in [0.25, 0.3) is 0 Å². The Labute approximate surface area is 58.2 Å². The van der Waals surface area contributed by atoms with Gasteiger partial charge in [0.1, 0.15) is 11.4 Å². The topological polar surface area (TPSA) is 55.1 Å². The third-order valence-electron chi connectivity index (χ3n) is 1.24. The molecular formula is C6H8N2O2. The fourth-order valence-electron chi connectivity index (χ4n) is 0.748. The third-order valence-corrected chi connectivity index (χ3v) is 1.24. The van der Waals surface area contributed by atoms with Crippen molar-refractivity contribution >= 4 is 12.1 Å². The molecule has 1 amide bonds. The van der Waals surface area contributed by atoms with Crippen molar-refractivity contribution in [1.29, 1.82) is 0 Å². The first-order chi connectivity index (χ1) is 4.75. The fourth-order valence-corrected chi connectivity index (χ4v) is 0.748. The lowest BCUT2D eigenvalue weighted by atomic mass is 10.3. The molecule has 0 saturated carbocycles. The molecule has 1 rings (SSSR count). The Bertz CT molecular complexity index is 222. The van der Waals surface area contributed by atoms with Crippen molar-refractivity contribution in [2.45, 2.75) is 13.8 Å². The van der Waals surface area contributed by atoms with Crippen LogP contribution in [-0.2, 0) is 4.79 Å². The molecule has 0 aliphatic rings. The molecule has 0 radical (unpaired) electrons. The lowest BCUT2D eigenvalue weighted by Gasteiger charge is -1.91. The average Bonchev–Trinajstić information content (AvgIpc) is 2.20. The van der Waals surface area contributed by atoms with E-state index in [1.807, 2.05) is 0 Å². The summed E-state index contributed by atoms with van der Waals surface area (Å²) in [6.07, 6.45) is 0.604. The van der Waals surface area contributed by atoms with Crippen molar-refractivity contribution in [3.8, 4) is 0 Å². The van der Waals surface area contributed by atoms with E-state index >= 15 is 0 Å². The van der Waals surface area contributed by atoms with Crippen LogP contribution in [0.5, 0.6) is 0 Å². The SMILES string of the molecule is Cc1noc(C)c1NC=O. The number of nitrogens with zero attached hydrogens (tertiary/aromatic N) is 1. The zero-order valence-electron chi connectivity index (χ0n) is 5.84. The molecular weight excluding hydrogens is 132 g/mol. The van der Waals surface area contributed by atoms with Gasteiger partial charge in [-0.05, 0) is 13.8 Å². The molecule has 0 spiro atoms. The van der Waals surface area contributed by atoms with Crippen LogP contribution in [0.3, 0.4) is 0 Å². The summed E-state index contributed by atoms with van der Waals surface area (Å²) in [6, 6.07) is 0. The van der Waals surface area contributed by atoms with E-state index < -0.39 is 0 Å². The minimum atomic E-state index is 0.604. The Morgan fingerprint density at radius 1 is 1.60 bits per heavy atom. The molecule has 0 saturated heterocycles. The van der Waals surface area contributed by atoms with Gasteiger partial charge in [-0.15, -0.1) is 0 Å². The molecule has 4 nitrogen and oxygen atoms in total. The first-order valence-electron chi connectivity index (χ1n) is 2.88. The van der Waals surface area contributed by atoms with E-state index in [0.29, 0.717) is 23.6 Å². The minimum absolute atomic E-state index is 0.604. The van der Waals surface area contributed by atoms with E-state index in [2.05, 4.69) is 10.5 Å². The van der Waals surface area contributed by atoms with Gasteiger partial charge in [0.05, 0.1) is 0 Å². The molecule has 0 atom stereocenters. The van der Waals surface area contributed by atoms with Crippen LogP contribution < -0.4 is 5.32 Å². The standard InChI is InChI=1S/C6H8N2O2/c1-4-6(7-3-9)5(2)10-8-4/h3H,1-2H3,(H,7,9). The van der Waals surface area contributed by atoms with Gasteiger partial charge >= 0.3 is 0 Å². The van der Waals surface area contributed by atoms with Crippen molar-refractivity contribution in [1.82, 2.24) is 5.16 Å². The maximum absolute atomic E-state index is 10.00. The Kier molecular flexibility index (Phi) is 1.71. The molecule has 1 N–H and O–H groups in total. The minimum Gasteiger partial charge on any atom is -0.359 e. The molecule has 0 bridgehead atoms. The van der Waals surface area contributed by atoms with Gasteiger partial charge in [-0.25, -0.2) is 0 Å². The molecule has 0 aliphatic heterocycles. The zero-order valence-corrected chi connectivity index (χ0v) is 5.84. The van der Waals surface area contributed by atoms with E-state index in [1.54, 1.807) is 13.8 Å². The predicted octanol–water partition coefficient (Wildman–Crippen LogP) is 0.860. The highest BCUT2D eigenvalue weighted by Crippen LogP contribution is 2.16. The van der Waals surface area contributed by atoms with Crippen LogP contribution in [0, 0.1) is 13.8 Å². The molecule has 10 heavy (non-hydrogen) atoms. The summed E-state index contributed by atoms with van der Waals surface area (Å²) in [5.74, 6) is 0.629. The van der Waals surface area contributed by atoms with Gasteiger partial charge in [0, 0.05) is 0 Å². The van der Waals surface area contributed by atoms with Gasteiger partial charge in [0.15, 0.2) is 5.76 Å². The summed E-state index contributed by atoms with van der Waals surface area (Å²) in [5, 5.41) is 6.13. The number of carbonyl (C=O) groups is 1. The molecule has 1 aromatic heterocycles. The second kappa shape index (κ2) is 2.51. The highest BCUT2D eigenvalue weighted by atomic mass is 16.5. The monoisotopic (exact) mass is 140 g/mol. The van der Waals surface area contributed by atoms with Gasteiger partial charge < -0.3 is 9.84 Å². The Morgan fingerprint density at radius 2 is 2.30 bits per heavy atom. The van der Waals surface area contributed by atoms with E-state index in [-0.39, 0.29) is 0 Å². The second-order valence-corrected chi connectivity index (χ2v) is 1.96. The number of aryl methyl sites for hydroxylation is 2. The van der Waals surface area contributed by atoms with E-state index in [0.717, 1.165) is 0 Å². The van der Waals surface area contributed by atoms with Gasteiger partial charge in [0.2, 0.25) is 6.41 Å². The van der Waals surface area contributed by atoms with E-state index in [1.165, 1.54) is 0 Å². The van der Waals surface area contributed by atoms with E-state index in [4.69, 9.17) is 4.52 Å². The molecule has 0 aromatic carbocycles. The number of amides is 1. The first-order valence-corrected chi connectivity index (χ1v) is 2.88. The lowest BCUT2D eigenvalue weighted by Crippen LogP contribution is -1.95. The smallest absolute Gasteiger partial charge is 0.211 e. The lowest BCUT2D eigenvalue weighted by molar-refractivity contribution is -0.105. The van der Waals surface area contributed by atoms with Gasteiger partial charge in [-0.1, -0.05) is 5.16 Å². The van der Waals surface area contributed by atoms with Crippen LogP contribution >= 0.6 is 0 Å². The summed E-state index contributed by atoms with van der Waals surface area (Å²) in [5.41, 5.74) is 1.36. The largest absolute Gasteiger partial charge is 0.359 e. The summed E-state index contributed by atoms with van der Waals surface area (Å²) < 4.78 is 4.78. The van der Waals surface area contributed by atoms with Gasteiger partial charge in [-0.2, -0.15) is 0 Å². The first kappa shape index (κ1) is 6.80. The molecule has 0 aliphatic carbocycles. The quantitative estimate of drug-likeness (QED) is 0.620. The fraction of sp³-hybridized carbons (Fsp3) is 0.333. The number of hydrogen-bond acceptors (Lipinski definition) is 3. The summed E-state index contributed by atoms with van der Waals surface area (Å²) >= 11 is 0. The summed E-state index contributed by atoms with van der Waals surface area (Å²) in [6.45, 7) is 3.51. The maximum Gasteiger partial charge on any atom is 0.211 e. The number of hydrogen-bond donors (Lipinski definition) is 1. The van der Waals surface area contributed by atoms with Gasteiger partial charge in [-0.3, -0.25) is 4.79 Å². The third kappa shape index (κ3) is 1.00. The van der Waals surface area contributed by atoms with Crippen LogP contribution in [0.2, 0.25) is 0 Å². The van der Waals surface area contributed by atoms with Crippen molar-refractivity contribution < 1.29 is 9.32 Å². The van der Waals surface area contributed by atoms with Crippen LogP contribution in [0.4, 0.5) is 5.69 Å². The molecule has 0 unspecified atom stereocenters. The molecule has 1 aromatic rings. The molecule has 0 fully saturated rings. The predicted molar refractivity (Wildman–Crippen MR) is 35.7 cm³/mol. The highest BCUT2D eigenvalue weighted by molar-refractivity contribution is 5.73. The number of nitrogens with one attached hydrogen (secondary N) is 1. The van der Waals surface area contributed by atoms with Crippen molar-refractivity contribution in [3.05, 3.63) is 11.5 Å². The molecule has 1 heterocycles. The van der Waals surface area contributed by atoms with Crippen LogP contribution in [0.25, 0.3) is 0 Å². The number of anilines is 1. The van der Waals surface area contributed by atoms with Crippen LogP contribution in [0.1, 0.15) is 11.5 Å². The van der Waals surface area contributed by atoms with Crippen molar-refractivity contribution in [3.63, 3.8) is 0 Å². The van der Waals surface area contributed by atoms with Crippen molar-refractivity contribution in [2.75, 3.05) is 5.32 Å². The Balaban J connectivity index is 2.97. The van der Waals surface area contributed by atoms with Crippen LogP contribution in [0.15, 0.2) is 4.52 Å². The summed E-state index contributed by atoms with van der Waals surface area (Å²) in [4.78, 5) is 10.00. The summed E-state index contributed by atoms with van der Waals surface area (Å²) in [7, 11) is 0. The Hall–Kier alpha value is -1.32. The normalized spacial score (nSPS) is 9.40. The van der Waals surface area contributed by atoms with Crippen molar-refractivity contribution in [2.24, 2.45) is 0 Å². The van der Waals surface area contributed by atoms with Crippen LogP contribution in [-0.4, -0.2) is 11.6 Å². The molecule has 54 valence electrons. The average molecular weight is 140 g/mol. The number of rotatable bonds is 2. The number of aromatic nitrogens is 1. The van der Waals surface area contributed by atoms with E-state index in [9.17, 15) is 4.79 Å². The number of carbonyl (C=O) groups excluding carboxylic acids is 1. The zero-order chi connectivity index (χ0) is 7.56.